The van der Waals surface area contributed by atoms with Crippen LogP contribution in [0.3, 0.4) is 0 Å². The second-order valence-electron chi connectivity index (χ2n) is 7.12. The average Bonchev–Trinajstić information content (AvgIpc) is 2.38. The molecular weight excluding hydrogens is 300 g/mol. The zero-order valence-corrected chi connectivity index (χ0v) is 16.7. The maximum atomic E-state index is 10.9. The van der Waals surface area contributed by atoms with Crippen molar-refractivity contribution in [2.45, 2.75) is 76.1 Å². The Bertz CT molecular complexity index is 344. The molecule has 1 fully saturated rings. The molecule has 0 atom stereocenters. The summed E-state index contributed by atoms with van der Waals surface area (Å²) in [4.78, 5) is 0. The van der Waals surface area contributed by atoms with Crippen LogP contribution in [-0.2, 0) is 0 Å². The van der Waals surface area contributed by atoms with Gasteiger partial charge in [-0.25, -0.2) is 0 Å². The van der Waals surface area contributed by atoms with E-state index in [9.17, 15) is 5.11 Å². The molecule has 0 aromatic rings. The first-order chi connectivity index (χ1) is 9.22. The van der Waals surface area contributed by atoms with Crippen LogP contribution in [0, 0.1) is 0 Å². The normalized spacial score (nSPS) is 19.9. The Labute approximate surface area is 135 Å². The SMILES string of the molecule is CCCC(C)(C)[Si](C)(C)C(O)=C(C)CC1SCCCS1. The molecule has 1 aliphatic rings. The monoisotopic (exact) mass is 332 g/mol. The Morgan fingerprint density at radius 2 is 1.80 bits per heavy atom. The van der Waals surface area contributed by atoms with Gasteiger partial charge in [0, 0.05) is 0 Å². The first kappa shape index (κ1) is 18.5. The van der Waals surface area contributed by atoms with Crippen LogP contribution in [-0.4, -0.2) is 29.3 Å². The summed E-state index contributed by atoms with van der Waals surface area (Å²) >= 11 is 4.14. The third kappa shape index (κ3) is 4.47. The fourth-order valence-corrected chi connectivity index (χ4v) is 8.51. The van der Waals surface area contributed by atoms with E-state index in [1.54, 1.807) is 0 Å². The Hall–Kier alpha value is 0.457. The van der Waals surface area contributed by atoms with Gasteiger partial charge in [0.2, 0.25) is 0 Å². The third-order valence-electron chi connectivity index (χ3n) is 4.93. The van der Waals surface area contributed by atoms with Gasteiger partial charge >= 0.3 is 0 Å². The molecule has 0 aromatic heterocycles. The topological polar surface area (TPSA) is 20.2 Å². The molecule has 4 heteroatoms. The van der Waals surface area contributed by atoms with Crippen molar-refractivity contribution in [3.05, 3.63) is 11.0 Å². The van der Waals surface area contributed by atoms with Crippen molar-refractivity contribution >= 4 is 31.6 Å². The van der Waals surface area contributed by atoms with E-state index in [1.165, 1.54) is 36.3 Å². The number of aliphatic hydroxyl groups excluding tert-OH is 1. The second-order valence-corrected chi connectivity index (χ2v) is 15.1. The lowest BCUT2D eigenvalue weighted by molar-refractivity contribution is 0.422. The highest BCUT2D eigenvalue weighted by atomic mass is 32.2. The van der Waals surface area contributed by atoms with Crippen molar-refractivity contribution in [3.8, 4) is 0 Å². The number of hydrogen-bond donors (Lipinski definition) is 1. The molecule has 0 spiro atoms. The van der Waals surface area contributed by atoms with Crippen LogP contribution in [0.1, 0.15) is 53.4 Å². The average molecular weight is 333 g/mol. The van der Waals surface area contributed by atoms with Crippen molar-refractivity contribution in [1.29, 1.82) is 0 Å². The van der Waals surface area contributed by atoms with Crippen LogP contribution in [0.4, 0.5) is 0 Å². The zero-order valence-electron chi connectivity index (χ0n) is 14.1. The summed E-state index contributed by atoms with van der Waals surface area (Å²) in [7, 11) is -1.79. The molecule has 1 aliphatic heterocycles. The fourth-order valence-electron chi connectivity index (χ4n) is 2.79. The number of aliphatic hydroxyl groups is 1. The standard InChI is InChI=1S/C16H32OS2Si/c1-7-9-16(3,4)20(5,6)15(17)13(2)12-14-18-10-8-11-19-14/h14,17H,7-12H2,1-6H3. The Morgan fingerprint density at radius 3 is 2.30 bits per heavy atom. The number of hydrogen-bond acceptors (Lipinski definition) is 3. The molecule has 1 saturated heterocycles. The lowest BCUT2D eigenvalue weighted by atomic mass is 10.1. The van der Waals surface area contributed by atoms with Gasteiger partial charge in [-0.2, -0.15) is 0 Å². The van der Waals surface area contributed by atoms with E-state index >= 15 is 0 Å². The summed E-state index contributed by atoms with van der Waals surface area (Å²) in [6.45, 7) is 13.8. The van der Waals surface area contributed by atoms with Gasteiger partial charge in [0.1, 0.15) is 8.07 Å². The van der Waals surface area contributed by atoms with Crippen molar-refractivity contribution in [1.82, 2.24) is 0 Å². The van der Waals surface area contributed by atoms with E-state index in [2.05, 4.69) is 64.3 Å². The van der Waals surface area contributed by atoms with Gasteiger partial charge in [0.15, 0.2) is 0 Å². The molecule has 0 aliphatic carbocycles. The minimum Gasteiger partial charge on any atom is -0.517 e. The number of thioether (sulfide) groups is 2. The number of allylic oxidation sites excluding steroid dienone is 1. The lowest BCUT2D eigenvalue weighted by Crippen LogP contribution is -2.42. The molecule has 0 bridgehead atoms. The lowest BCUT2D eigenvalue weighted by Gasteiger charge is -2.40. The van der Waals surface area contributed by atoms with Crippen LogP contribution < -0.4 is 0 Å². The van der Waals surface area contributed by atoms with Crippen molar-refractivity contribution in [2.24, 2.45) is 0 Å². The van der Waals surface area contributed by atoms with E-state index in [1.807, 2.05) is 0 Å². The van der Waals surface area contributed by atoms with E-state index in [0.29, 0.717) is 4.58 Å². The van der Waals surface area contributed by atoms with E-state index in [4.69, 9.17) is 0 Å². The first-order valence-corrected chi connectivity index (χ1v) is 12.9. The minimum atomic E-state index is -1.79. The third-order valence-corrected chi connectivity index (χ3v) is 13.1. The highest BCUT2D eigenvalue weighted by Gasteiger charge is 2.42. The molecule has 1 nitrogen and oxygen atoms in total. The van der Waals surface area contributed by atoms with Crippen LogP contribution in [0.25, 0.3) is 0 Å². The van der Waals surface area contributed by atoms with Crippen LogP contribution >= 0.6 is 23.5 Å². The summed E-state index contributed by atoms with van der Waals surface area (Å²) in [5.41, 5.74) is 1.25. The zero-order chi connectivity index (χ0) is 15.4. The maximum Gasteiger partial charge on any atom is 0.130 e. The molecule has 1 rings (SSSR count). The molecule has 1 N–H and O–H groups in total. The molecule has 0 radical (unpaired) electrons. The van der Waals surface area contributed by atoms with Gasteiger partial charge in [-0.15, -0.1) is 23.5 Å². The van der Waals surface area contributed by atoms with E-state index < -0.39 is 8.07 Å². The predicted octanol–water partition coefficient (Wildman–Crippen LogP) is 6.23. The molecular formula is C16H32OS2Si. The molecule has 0 saturated carbocycles. The highest BCUT2D eigenvalue weighted by molar-refractivity contribution is 8.17. The molecule has 118 valence electrons. The smallest absolute Gasteiger partial charge is 0.130 e. The van der Waals surface area contributed by atoms with Gasteiger partial charge in [0.05, 0.1) is 9.96 Å². The Kier molecular flexibility index (Phi) is 7.07. The Balaban J connectivity index is 2.82. The quantitative estimate of drug-likeness (QED) is 0.459. The molecule has 0 unspecified atom stereocenters. The van der Waals surface area contributed by atoms with E-state index in [-0.39, 0.29) is 5.04 Å². The van der Waals surface area contributed by atoms with Gasteiger partial charge in [-0.05, 0) is 41.9 Å². The highest BCUT2D eigenvalue weighted by Crippen LogP contribution is 2.46. The molecule has 1 heterocycles. The molecule has 0 aromatic carbocycles. The Morgan fingerprint density at radius 1 is 1.25 bits per heavy atom. The van der Waals surface area contributed by atoms with Crippen LogP contribution in [0.5, 0.6) is 0 Å². The fraction of sp³-hybridized carbons (Fsp3) is 0.875. The summed E-state index contributed by atoms with van der Waals surface area (Å²) < 4.78 is 0.657. The number of rotatable bonds is 6. The largest absolute Gasteiger partial charge is 0.517 e. The summed E-state index contributed by atoms with van der Waals surface area (Å²) in [6.07, 6.45) is 4.80. The van der Waals surface area contributed by atoms with Crippen LogP contribution in [0.2, 0.25) is 18.1 Å². The molecule has 0 amide bonds. The van der Waals surface area contributed by atoms with Gasteiger partial charge in [0.25, 0.3) is 0 Å². The summed E-state index contributed by atoms with van der Waals surface area (Å²) in [5.74, 6) is 2.57. The van der Waals surface area contributed by atoms with Crippen LogP contribution in [0.15, 0.2) is 11.0 Å². The molecule has 20 heavy (non-hydrogen) atoms. The van der Waals surface area contributed by atoms with Gasteiger partial charge in [-0.3, -0.25) is 0 Å². The van der Waals surface area contributed by atoms with Gasteiger partial charge < -0.3 is 5.11 Å². The summed E-state index contributed by atoms with van der Waals surface area (Å²) in [6, 6.07) is 0. The van der Waals surface area contributed by atoms with Crippen molar-refractivity contribution in [3.63, 3.8) is 0 Å². The second kappa shape index (κ2) is 7.64. The summed E-state index contributed by atoms with van der Waals surface area (Å²) in [5, 5.41) is 11.9. The first-order valence-electron chi connectivity index (χ1n) is 7.84. The van der Waals surface area contributed by atoms with Gasteiger partial charge in [-0.1, -0.05) is 46.7 Å². The maximum absolute atomic E-state index is 10.9. The van der Waals surface area contributed by atoms with Crippen molar-refractivity contribution in [2.75, 3.05) is 11.5 Å². The predicted molar refractivity (Wildman–Crippen MR) is 99.7 cm³/mol. The minimum absolute atomic E-state index is 0.264. The van der Waals surface area contributed by atoms with Crippen molar-refractivity contribution < 1.29 is 5.11 Å². The van der Waals surface area contributed by atoms with E-state index in [0.717, 1.165) is 11.8 Å².